The highest BCUT2D eigenvalue weighted by Crippen LogP contribution is 2.29. The molecule has 1 aliphatic rings. The second kappa shape index (κ2) is 11.2. The molecule has 0 saturated carbocycles. The van der Waals surface area contributed by atoms with E-state index in [1.165, 1.54) is 6.07 Å². The minimum atomic E-state index is -0.738. The zero-order chi connectivity index (χ0) is 14.4. The Morgan fingerprint density at radius 1 is 1.14 bits per heavy atom. The van der Waals surface area contributed by atoms with E-state index in [0.717, 1.165) is 51.9 Å². The zero-order valence-corrected chi connectivity index (χ0v) is 14.6. The van der Waals surface area contributed by atoms with Crippen LogP contribution in [0.4, 0.5) is 8.78 Å². The van der Waals surface area contributed by atoms with Crippen molar-refractivity contribution in [1.29, 1.82) is 0 Å². The van der Waals surface area contributed by atoms with Gasteiger partial charge in [-0.05, 0) is 12.5 Å². The molecule has 2 rings (SSSR count). The first-order valence-corrected chi connectivity index (χ1v) is 7.62. The molecule has 0 radical (unpaired) electrons. The maximum absolute atomic E-state index is 14.1. The van der Waals surface area contributed by atoms with Gasteiger partial charge in [-0.3, -0.25) is 4.90 Å². The molecular formula is C16H26Cl2F2N2. The van der Waals surface area contributed by atoms with E-state index >= 15 is 0 Å². The van der Waals surface area contributed by atoms with Gasteiger partial charge in [-0.25, -0.2) is 8.78 Å². The molecule has 1 atom stereocenters. The Morgan fingerprint density at radius 3 is 2.45 bits per heavy atom. The zero-order valence-electron chi connectivity index (χ0n) is 13.0. The molecule has 2 nitrogen and oxygen atoms in total. The monoisotopic (exact) mass is 354 g/mol. The van der Waals surface area contributed by atoms with Gasteiger partial charge >= 0.3 is 0 Å². The lowest BCUT2D eigenvalue weighted by Crippen LogP contribution is -2.45. The number of unbranched alkanes of at least 4 members (excludes halogenated alkanes) is 2. The SMILES string of the molecule is CCCCC[C@H](c1cccc(F)c1F)N1CCNCC1.Cl.Cl. The van der Waals surface area contributed by atoms with Gasteiger partial charge in [-0.2, -0.15) is 0 Å². The molecule has 1 aromatic carbocycles. The van der Waals surface area contributed by atoms with Crippen LogP contribution in [-0.4, -0.2) is 31.1 Å². The lowest BCUT2D eigenvalue weighted by atomic mass is 9.97. The number of hydrogen-bond donors (Lipinski definition) is 1. The van der Waals surface area contributed by atoms with Crippen LogP contribution in [0.1, 0.15) is 44.2 Å². The molecular weight excluding hydrogens is 329 g/mol. The number of piperazine rings is 1. The number of halogens is 4. The number of nitrogens with zero attached hydrogens (tertiary/aromatic N) is 1. The second-order valence-corrected chi connectivity index (χ2v) is 5.44. The molecule has 0 aromatic heterocycles. The maximum atomic E-state index is 14.1. The van der Waals surface area contributed by atoms with E-state index in [-0.39, 0.29) is 30.9 Å². The number of benzene rings is 1. The van der Waals surface area contributed by atoms with Crippen molar-refractivity contribution in [3.05, 3.63) is 35.4 Å². The molecule has 128 valence electrons. The molecule has 0 unspecified atom stereocenters. The van der Waals surface area contributed by atoms with Crippen molar-refractivity contribution < 1.29 is 8.78 Å². The van der Waals surface area contributed by atoms with Crippen molar-refractivity contribution in [3.8, 4) is 0 Å². The minimum Gasteiger partial charge on any atom is -0.314 e. The van der Waals surface area contributed by atoms with Gasteiger partial charge in [0.25, 0.3) is 0 Å². The van der Waals surface area contributed by atoms with Crippen molar-refractivity contribution in [3.63, 3.8) is 0 Å². The Balaban J connectivity index is 0.00000220. The summed E-state index contributed by atoms with van der Waals surface area (Å²) in [5.41, 5.74) is 0.517. The first-order chi connectivity index (χ1) is 9.74. The van der Waals surface area contributed by atoms with Gasteiger partial charge in [0.1, 0.15) is 0 Å². The summed E-state index contributed by atoms with van der Waals surface area (Å²) >= 11 is 0. The summed E-state index contributed by atoms with van der Waals surface area (Å²) in [5, 5.41) is 3.30. The van der Waals surface area contributed by atoms with E-state index in [9.17, 15) is 8.78 Å². The molecule has 22 heavy (non-hydrogen) atoms. The molecule has 6 heteroatoms. The van der Waals surface area contributed by atoms with Crippen LogP contribution in [0.2, 0.25) is 0 Å². The Bertz CT molecular complexity index is 427. The summed E-state index contributed by atoms with van der Waals surface area (Å²) in [4.78, 5) is 2.28. The standard InChI is InChI=1S/C16H24F2N2.2ClH/c1-2-3-4-8-15(20-11-9-19-10-12-20)13-6-5-7-14(17)16(13)18;;/h5-7,15,19H,2-4,8-12H2,1H3;2*1H/t15-;;/m1../s1. The summed E-state index contributed by atoms with van der Waals surface area (Å²) < 4.78 is 27.6. The van der Waals surface area contributed by atoms with Crippen LogP contribution in [0.3, 0.4) is 0 Å². The van der Waals surface area contributed by atoms with Crippen LogP contribution >= 0.6 is 24.8 Å². The van der Waals surface area contributed by atoms with Crippen molar-refractivity contribution in [2.45, 2.75) is 38.6 Å². The Hall–Kier alpha value is -0.420. The van der Waals surface area contributed by atoms with Gasteiger partial charge in [0.15, 0.2) is 11.6 Å². The Morgan fingerprint density at radius 2 is 1.82 bits per heavy atom. The molecule has 0 amide bonds. The molecule has 1 aromatic rings. The van der Waals surface area contributed by atoms with E-state index in [0.29, 0.717) is 5.56 Å². The lowest BCUT2D eigenvalue weighted by Gasteiger charge is -2.35. The topological polar surface area (TPSA) is 15.3 Å². The fourth-order valence-corrected chi connectivity index (χ4v) is 2.89. The van der Waals surface area contributed by atoms with E-state index in [2.05, 4.69) is 17.1 Å². The maximum Gasteiger partial charge on any atom is 0.163 e. The smallest absolute Gasteiger partial charge is 0.163 e. The van der Waals surface area contributed by atoms with Gasteiger partial charge in [0.2, 0.25) is 0 Å². The summed E-state index contributed by atoms with van der Waals surface area (Å²) in [7, 11) is 0. The fraction of sp³-hybridized carbons (Fsp3) is 0.625. The Kier molecular flexibility index (Phi) is 11.0. The van der Waals surface area contributed by atoms with Crippen molar-refractivity contribution in [1.82, 2.24) is 10.2 Å². The Labute approximate surface area is 144 Å². The van der Waals surface area contributed by atoms with Gasteiger partial charge in [-0.1, -0.05) is 38.3 Å². The number of nitrogens with one attached hydrogen (secondary N) is 1. The largest absolute Gasteiger partial charge is 0.314 e. The predicted molar refractivity (Wildman–Crippen MR) is 92.2 cm³/mol. The summed E-state index contributed by atoms with van der Waals surface area (Å²) in [6, 6.07) is 4.54. The third-order valence-corrected chi connectivity index (χ3v) is 4.01. The molecule has 1 heterocycles. The summed E-state index contributed by atoms with van der Waals surface area (Å²) in [5.74, 6) is -1.41. The highest BCUT2D eigenvalue weighted by atomic mass is 35.5. The van der Waals surface area contributed by atoms with Crippen molar-refractivity contribution in [2.24, 2.45) is 0 Å². The van der Waals surface area contributed by atoms with Crippen LogP contribution in [0.5, 0.6) is 0 Å². The van der Waals surface area contributed by atoms with Gasteiger partial charge in [-0.15, -0.1) is 24.8 Å². The third kappa shape index (κ3) is 5.65. The molecule has 1 fully saturated rings. The quantitative estimate of drug-likeness (QED) is 0.764. The van der Waals surface area contributed by atoms with E-state index in [1.54, 1.807) is 12.1 Å². The van der Waals surface area contributed by atoms with E-state index in [1.807, 2.05) is 0 Å². The van der Waals surface area contributed by atoms with Crippen LogP contribution in [0.25, 0.3) is 0 Å². The van der Waals surface area contributed by atoms with E-state index < -0.39 is 11.6 Å². The highest BCUT2D eigenvalue weighted by molar-refractivity contribution is 5.85. The average molecular weight is 355 g/mol. The van der Waals surface area contributed by atoms with Crippen LogP contribution in [0, 0.1) is 11.6 Å². The highest BCUT2D eigenvalue weighted by Gasteiger charge is 2.25. The van der Waals surface area contributed by atoms with Crippen molar-refractivity contribution in [2.75, 3.05) is 26.2 Å². The second-order valence-electron chi connectivity index (χ2n) is 5.44. The predicted octanol–water partition coefficient (Wildman–Crippen LogP) is 4.34. The third-order valence-electron chi connectivity index (χ3n) is 4.01. The minimum absolute atomic E-state index is 0. The summed E-state index contributed by atoms with van der Waals surface area (Å²) in [6.07, 6.45) is 4.23. The van der Waals surface area contributed by atoms with Crippen LogP contribution in [-0.2, 0) is 0 Å². The fourth-order valence-electron chi connectivity index (χ4n) is 2.89. The van der Waals surface area contributed by atoms with E-state index in [4.69, 9.17) is 0 Å². The van der Waals surface area contributed by atoms with Crippen molar-refractivity contribution >= 4 is 24.8 Å². The lowest BCUT2D eigenvalue weighted by molar-refractivity contribution is 0.159. The first-order valence-electron chi connectivity index (χ1n) is 7.62. The molecule has 0 spiro atoms. The van der Waals surface area contributed by atoms with Crippen LogP contribution in [0.15, 0.2) is 18.2 Å². The molecule has 1 aliphatic heterocycles. The normalized spacial score (nSPS) is 16.5. The molecule has 1 saturated heterocycles. The van der Waals surface area contributed by atoms with Crippen LogP contribution < -0.4 is 5.32 Å². The molecule has 0 aliphatic carbocycles. The van der Waals surface area contributed by atoms with Gasteiger partial charge in [0.05, 0.1) is 0 Å². The average Bonchev–Trinajstić information content (AvgIpc) is 2.48. The number of rotatable bonds is 6. The molecule has 0 bridgehead atoms. The van der Waals surface area contributed by atoms with Gasteiger partial charge in [0, 0.05) is 37.8 Å². The summed E-state index contributed by atoms with van der Waals surface area (Å²) in [6.45, 7) is 5.78. The van der Waals surface area contributed by atoms with Gasteiger partial charge < -0.3 is 5.32 Å². The first kappa shape index (κ1) is 21.6. The molecule has 1 N–H and O–H groups in total. The number of hydrogen-bond acceptors (Lipinski definition) is 2.